The second-order valence-corrected chi connectivity index (χ2v) is 8.43. The molecule has 108 valence electrons. The molecular weight excluding hydrogens is 236 g/mol. The third-order valence-corrected chi connectivity index (χ3v) is 3.86. The van der Waals surface area contributed by atoms with Crippen molar-refractivity contribution in [2.75, 3.05) is 0 Å². The number of aromatic nitrogens is 1. The van der Waals surface area contributed by atoms with Gasteiger partial charge in [0.1, 0.15) is 11.5 Å². The molecule has 0 fully saturated rings. The van der Waals surface area contributed by atoms with Crippen molar-refractivity contribution in [1.29, 1.82) is 0 Å². The van der Waals surface area contributed by atoms with E-state index in [1.807, 2.05) is 0 Å². The number of hydrogen-bond donors (Lipinski definition) is 1. The Hall–Kier alpha value is -0.830. The predicted octanol–water partition coefficient (Wildman–Crippen LogP) is 3.81. The van der Waals surface area contributed by atoms with Crippen molar-refractivity contribution >= 4 is 0 Å². The third-order valence-electron chi connectivity index (χ3n) is 3.86. The normalized spacial score (nSPS) is 21.2. The standard InChI is InChI=1S/C16H28N2O/c1-14(2,3)17-9-11-13-12(19-18-11)8-15(4,5)10-16(13,6)7/h17H,8-10H2,1-7H3. The first kappa shape index (κ1) is 14.6. The van der Waals surface area contributed by atoms with E-state index in [2.05, 4.69) is 58.9 Å². The summed E-state index contributed by atoms with van der Waals surface area (Å²) in [5.41, 5.74) is 2.97. The summed E-state index contributed by atoms with van der Waals surface area (Å²) < 4.78 is 5.63. The van der Waals surface area contributed by atoms with Crippen LogP contribution in [0.3, 0.4) is 0 Å². The maximum Gasteiger partial charge on any atom is 0.141 e. The van der Waals surface area contributed by atoms with Crippen molar-refractivity contribution in [1.82, 2.24) is 10.5 Å². The van der Waals surface area contributed by atoms with Crippen LogP contribution in [-0.2, 0) is 18.4 Å². The van der Waals surface area contributed by atoms with Crippen LogP contribution >= 0.6 is 0 Å². The summed E-state index contributed by atoms with van der Waals surface area (Å²) in [5.74, 6) is 1.09. The van der Waals surface area contributed by atoms with Gasteiger partial charge >= 0.3 is 0 Å². The highest BCUT2D eigenvalue weighted by Crippen LogP contribution is 2.46. The zero-order valence-electron chi connectivity index (χ0n) is 13.5. The second-order valence-electron chi connectivity index (χ2n) is 8.43. The first-order valence-corrected chi connectivity index (χ1v) is 7.23. The fourth-order valence-corrected chi connectivity index (χ4v) is 3.50. The Bertz CT molecular complexity index is 464. The molecule has 1 aromatic rings. The Morgan fingerprint density at radius 3 is 2.42 bits per heavy atom. The largest absolute Gasteiger partial charge is 0.361 e. The predicted molar refractivity (Wildman–Crippen MR) is 78.2 cm³/mol. The molecule has 0 saturated carbocycles. The van der Waals surface area contributed by atoms with E-state index in [-0.39, 0.29) is 11.0 Å². The zero-order chi connectivity index (χ0) is 14.5. The molecule has 0 amide bonds. The molecule has 0 saturated heterocycles. The molecular formula is C16H28N2O. The topological polar surface area (TPSA) is 38.1 Å². The van der Waals surface area contributed by atoms with E-state index in [1.165, 1.54) is 12.0 Å². The van der Waals surface area contributed by atoms with Crippen LogP contribution in [0, 0.1) is 5.41 Å². The highest BCUT2D eigenvalue weighted by molar-refractivity contribution is 5.35. The van der Waals surface area contributed by atoms with Gasteiger partial charge < -0.3 is 9.84 Å². The maximum absolute atomic E-state index is 5.63. The van der Waals surface area contributed by atoms with Gasteiger partial charge in [0.25, 0.3) is 0 Å². The minimum Gasteiger partial charge on any atom is -0.361 e. The van der Waals surface area contributed by atoms with E-state index in [1.54, 1.807) is 0 Å². The smallest absolute Gasteiger partial charge is 0.141 e. The van der Waals surface area contributed by atoms with Gasteiger partial charge in [-0.25, -0.2) is 0 Å². The van der Waals surface area contributed by atoms with Crippen LogP contribution in [0.25, 0.3) is 0 Å². The molecule has 3 heteroatoms. The maximum atomic E-state index is 5.63. The van der Waals surface area contributed by atoms with Crippen LogP contribution in [-0.4, -0.2) is 10.7 Å². The highest BCUT2D eigenvalue weighted by Gasteiger charge is 2.42. The average Bonchev–Trinajstić information content (AvgIpc) is 2.53. The molecule has 1 aliphatic carbocycles. The molecule has 1 aromatic heterocycles. The van der Waals surface area contributed by atoms with Gasteiger partial charge in [0.15, 0.2) is 0 Å². The minimum absolute atomic E-state index is 0.101. The van der Waals surface area contributed by atoms with Crippen molar-refractivity contribution in [2.24, 2.45) is 5.41 Å². The third kappa shape index (κ3) is 3.19. The summed E-state index contributed by atoms with van der Waals surface area (Å²) in [6.07, 6.45) is 2.17. The van der Waals surface area contributed by atoms with Gasteiger partial charge in [-0.2, -0.15) is 0 Å². The quantitative estimate of drug-likeness (QED) is 0.882. The van der Waals surface area contributed by atoms with Gasteiger partial charge in [-0.1, -0.05) is 32.9 Å². The fourth-order valence-electron chi connectivity index (χ4n) is 3.50. The van der Waals surface area contributed by atoms with Gasteiger partial charge in [0.05, 0.1) is 0 Å². The Labute approximate surface area is 117 Å². The summed E-state index contributed by atoms with van der Waals surface area (Å²) in [6, 6.07) is 0. The number of nitrogens with zero attached hydrogens (tertiary/aromatic N) is 1. The lowest BCUT2D eigenvalue weighted by atomic mass is 9.64. The van der Waals surface area contributed by atoms with Crippen LogP contribution in [0.1, 0.15) is 71.9 Å². The van der Waals surface area contributed by atoms with E-state index in [4.69, 9.17) is 4.52 Å². The zero-order valence-corrected chi connectivity index (χ0v) is 13.5. The summed E-state index contributed by atoms with van der Waals surface area (Å²) in [4.78, 5) is 0. The van der Waals surface area contributed by atoms with E-state index in [0.29, 0.717) is 5.41 Å². The van der Waals surface area contributed by atoms with E-state index in [9.17, 15) is 0 Å². The number of fused-ring (bicyclic) bond motifs is 1. The number of nitrogens with one attached hydrogen (secondary N) is 1. The summed E-state index contributed by atoms with van der Waals surface area (Å²) in [5, 5.41) is 7.83. The van der Waals surface area contributed by atoms with Crippen LogP contribution in [0.2, 0.25) is 0 Å². The molecule has 1 aliphatic rings. The van der Waals surface area contributed by atoms with Crippen LogP contribution < -0.4 is 5.32 Å². The molecule has 2 rings (SSSR count). The Kier molecular flexibility index (Phi) is 3.33. The number of hydrogen-bond acceptors (Lipinski definition) is 3. The molecule has 0 unspecified atom stereocenters. The monoisotopic (exact) mass is 264 g/mol. The lowest BCUT2D eigenvalue weighted by Crippen LogP contribution is -2.38. The van der Waals surface area contributed by atoms with E-state index in [0.717, 1.165) is 24.4 Å². The molecule has 19 heavy (non-hydrogen) atoms. The van der Waals surface area contributed by atoms with Crippen LogP contribution in [0.5, 0.6) is 0 Å². The lowest BCUT2D eigenvalue weighted by Gasteiger charge is -2.39. The molecule has 0 aromatic carbocycles. The van der Waals surface area contributed by atoms with Gasteiger partial charge in [0, 0.05) is 24.1 Å². The van der Waals surface area contributed by atoms with Gasteiger partial charge in [-0.05, 0) is 38.0 Å². The van der Waals surface area contributed by atoms with Gasteiger partial charge in [0.2, 0.25) is 0 Å². The van der Waals surface area contributed by atoms with Crippen molar-refractivity contribution < 1.29 is 4.52 Å². The molecule has 0 bridgehead atoms. The minimum atomic E-state index is 0.101. The van der Waals surface area contributed by atoms with Crippen molar-refractivity contribution in [2.45, 2.75) is 78.8 Å². The Morgan fingerprint density at radius 1 is 1.21 bits per heavy atom. The van der Waals surface area contributed by atoms with Gasteiger partial charge in [-0.3, -0.25) is 0 Å². The summed E-state index contributed by atoms with van der Waals surface area (Å²) >= 11 is 0. The van der Waals surface area contributed by atoms with Gasteiger partial charge in [-0.15, -0.1) is 0 Å². The SMILES string of the molecule is CC1(C)Cc2onc(CNC(C)(C)C)c2C(C)(C)C1. The molecule has 0 atom stereocenters. The van der Waals surface area contributed by atoms with Crippen LogP contribution in [0.15, 0.2) is 4.52 Å². The fraction of sp³-hybridized carbons (Fsp3) is 0.812. The van der Waals surface area contributed by atoms with Crippen LogP contribution in [0.4, 0.5) is 0 Å². The molecule has 0 spiro atoms. The Balaban J connectivity index is 2.29. The molecule has 1 heterocycles. The molecule has 0 aliphatic heterocycles. The lowest BCUT2D eigenvalue weighted by molar-refractivity contribution is 0.203. The van der Waals surface area contributed by atoms with Crippen molar-refractivity contribution in [3.8, 4) is 0 Å². The molecule has 3 nitrogen and oxygen atoms in total. The second kappa shape index (κ2) is 4.34. The summed E-state index contributed by atoms with van der Waals surface area (Å²) in [6.45, 7) is 16.6. The van der Waals surface area contributed by atoms with E-state index < -0.39 is 0 Å². The van der Waals surface area contributed by atoms with Crippen molar-refractivity contribution in [3.63, 3.8) is 0 Å². The first-order valence-electron chi connectivity index (χ1n) is 7.23. The van der Waals surface area contributed by atoms with Crippen molar-refractivity contribution in [3.05, 3.63) is 17.0 Å². The van der Waals surface area contributed by atoms with E-state index >= 15 is 0 Å². The highest BCUT2D eigenvalue weighted by atomic mass is 16.5. The first-order chi connectivity index (χ1) is 8.50. The average molecular weight is 264 g/mol. The Morgan fingerprint density at radius 2 is 1.84 bits per heavy atom. The summed E-state index contributed by atoms with van der Waals surface area (Å²) in [7, 11) is 0. The molecule has 0 radical (unpaired) electrons. The number of rotatable bonds is 2. The molecule has 1 N–H and O–H groups in total.